The van der Waals surface area contributed by atoms with Crippen LogP contribution in [0.25, 0.3) is 11.0 Å². The van der Waals surface area contributed by atoms with E-state index < -0.39 is 31.1 Å². The summed E-state index contributed by atoms with van der Waals surface area (Å²) in [4.78, 5) is 29.6. The van der Waals surface area contributed by atoms with Crippen LogP contribution in [0.3, 0.4) is 0 Å². The predicted octanol–water partition coefficient (Wildman–Crippen LogP) is 3.10. The van der Waals surface area contributed by atoms with Gasteiger partial charge in [0.2, 0.25) is 5.82 Å². The van der Waals surface area contributed by atoms with Gasteiger partial charge in [-0.15, -0.1) is 0 Å². The van der Waals surface area contributed by atoms with Gasteiger partial charge in [0, 0.05) is 13.1 Å². The van der Waals surface area contributed by atoms with Crippen molar-refractivity contribution in [3.05, 3.63) is 30.1 Å². The number of para-hydroxylation sites is 2. The van der Waals surface area contributed by atoms with E-state index >= 15 is 0 Å². The Kier molecular flexibility index (Phi) is 5.62. The van der Waals surface area contributed by atoms with E-state index in [9.17, 15) is 22.8 Å². The van der Waals surface area contributed by atoms with Crippen LogP contribution in [0.1, 0.15) is 26.1 Å². The number of rotatable bonds is 4. The number of hydrogen-bond acceptors (Lipinski definition) is 4. The summed E-state index contributed by atoms with van der Waals surface area (Å²) in [6.07, 6.45) is -3.69. The number of carbonyl (C=O) groups excluding carboxylic acids is 2. The zero-order chi connectivity index (χ0) is 20.5. The smallest absolute Gasteiger partial charge is 0.449 e. The molecule has 0 N–H and O–H groups in total. The fourth-order valence-corrected chi connectivity index (χ4v) is 3.73. The van der Waals surface area contributed by atoms with E-state index in [0.717, 1.165) is 11.0 Å². The van der Waals surface area contributed by atoms with Crippen molar-refractivity contribution in [2.75, 3.05) is 19.7 Å². The van der Waals surface area contributed by atoms with E-state index in [2.05, 4.69) is 4.98 Å². The van der Waals surface area contributed by atoms with Crippen LogP contribution in [0.5, 0.6) is 0 Å². The summed E-state index contributed by atoms with van der Waals surface area (Å²) in [5.74, 6) is -1.71. The van der Waals surface area contributed by atoms with Crippen LogP contribution in [-0.2, 0) is 27.0 Å². The quantitative estimate of drug-likeness (QED) is 0.744. The molecule has 1 aromatic heterocycles. The molecule has 0 unspecified atom stereocenters. The standard InChI is InChI=1S/C19H22F3N3O3/c1-12-7-13(2)9-24(8-12)16(26)11-28-17(27)10-25-15-6-4-3-5-14(15)23-18(25)19(20,21)22/h3-6,12-13H,7-11H2,1-2H3/t12-,13-/m1/s1. The van der Waals surface area contributed by atoms with Gasteiger partial charge in [-0.1, -0.05) is 26.0 Å². The normalized spacial score (nSPS) is 20.4. The number of halogens is 3. The van der Waals surface area contributed by atoms with Crippen molar-refractivity contribution in [3.63, 3.8) is 0 Å². The van der Waals surface area contributed by atoms with Crippen molar-refractivity contribution in [2.24, 2.45) is 11.8 Å². The molecule has 0 saturated carbocycles. The molecule has 28 heavy (non-hydrogen) atoms. The highest BCUT2D eigenvalue weighted by Gasteiger charge is 2.38. The van der Waals surface area contributed by atoms with Crippen LogP contribution < -0.4 is 0 Å². The minimum absolute atomic E-state index is 0.134. The van der Waals surface area contributed by atoms with Crippen LogP contribution in [0.4, 0.5) is 13.2 Å². The van der Waals surface area contributed by atoms with E-state index in [1.54, 1.807) is 17.0 Å². The summed E-state index contributed by atoms with van der Waals surface area (Å²) in [6, 6.07) is 6.02. The number of alkyl halides is 3. The Balaban J connectivity index is 1.67. The molecule has 6 nitrogen and oxygen atoms in total. The summed E-state index contributed by atoms with van der Waals surface area (Å²) >= 11 is 0. The summed E-state index contributed by atoms with van der Waals surface area (Å²) in [5.41, 5.74) is 0.312. The number of benzene rings is 1. The Bertz CT molecular complexity index is 868. The molecule has 2 heterocycles. The highest BCUT2D eigenvalue weighted by atomic mass is 19.4. The van der Waals surface area contributed by atoms with Crippen molar-refractivity contribution in [1.29, 1.82) is 0 Å². The van der Waals surface area contributed by atoms with E-state index in [1.165, 1.54) is 12.1 Å². The molecule has 2 aromatic rings. The highest BCUT2D eigenvalue weighted by molar-refractivity contribution is 5.82. The molecule has 0 spiro atoms. The van der Waals surface area contributed by atoms with Crippen molar-refractivity contribution >= 4 is 22.9 Å². The number of carbonyl (C=O) groups is 2. The Morgan fingerprint density at radius 1 is 1.18 bits per heavy atom. The van der Waals surface area contributed by atoms with Gasteiger partial charge in [-0.05, 0) is 30.4 Å². The first-order valence-electron chi connectivity index (χ1n) is 9.11. The Morgan fingerprint density at radius 2 is 1.82 bits per heavy atom. The summed E-state index contributed by atoms with van der Waals surface area (Å²) < 4.78 is 45.6. The first-order chi connectivity index (χ1) is 13.1. The third kappa shape index (κ3) is 4.45. The lowest BCUT2D eigenvalue weighted by Crippen LogP contribution is -2.44. The van der Waals surface area contributed by atoms with Crippen molar-refractivity contribution < 1.29 is 27.5 Å². The van der Waals surface area contributed by atoms with Crippen molar-refractivity contribution in [2.45, 2.75) is 33.0 Å². The molecular weight excluding hydrogens is 375 g/mol. The fraction of sp³-hybridized carbons (Fsp3) is 0.526. The monoisotopic (exact) mass is 397 g/mol. The van der Waals surface area contributed by atoms with Crippen LogP contribution >= 0.6 is 0 Å². The van der Waals surface area contributed by atoms with Gasteiger partial charge in [0.05, 0.1) is 11.0 Å². The average molecular weight is 397 g/mol. The second kappa shape index (κ2) is 7.81. The Hall–Kier alpha value is -2.58. The van der Waals surface area contributed by atoms with Gasteiger partial charge < -0.3 is 14.2 Å². The van der Waals surface area contributed by atoms with E-state index in [0.29, 0.717) is 24.9 Å². The number of imidazole rings is 1. The first-order valence-corrected chi connectivity index (χ1v) is 9.11. The maximum Gasteiger partial charge on any atom is 0.449 e. The van der Waals surface area contributed by atoms with Crippen molar-refractivity contribution in [3.8, 4) is 0 Å². The topological polar surface area (TPSA) is 64.4 Å². The molecule has 0 aliphatic carbocycles. The molecule has 1 aliphatic heterocycles. The number of amides is 1. The van der Waals surface area contributed by atoms with Gasteiger partial charge in [-0.2, -0.15) is 13.2 Å². The molecule has 3 rings (SSSR count). The summed E-state index contributed by atoms with van der Waals surface area (Å²) in [5, 5.41) is 0. The minimum atomic E-state index is -4.71. The number of piperidine rings is 1. The fourth-order valence-electron chi connectivity index (χ4n) is 3.73. The van der Waals surface area contributed by atoms with Gasteiger partial charge in [-0.25, -0.2) is 4.98 Å². The van der Waals surface area contributed by atoms with E-state index in [1.807, 2.05) is 13.8 Å². The van der Waals surface area contributed by atoms with E-state index in [4.69, 9.17) is 4.74 Å². The van der Waals surface area contributed by atoms with Gasteiger partial charge in [0.25, 0.3) is 5.91 Å². The van der Waals surface area contributed by atoms with Crippen LogP contribution in [-0.4, -0.2) is 46.0 Å². The lowest BCUT2D eigenvalue weighted by molar-refractivity contribution is -0.156. The number of esters is 1. The lowest BCUT2D eigenvalue weighted by atomic mass is 9.92. The SMILES string of the molecule is C[C@@H]1C[C@@H](C)CN(C(=O)COC(=O)Cn2c(C(F)(F)F)nc3ccccc32)C1. The van der Waals surface area contributed by atoms with E-state index in [-0.39, 0.29) is 16.9 Å². The van der Waals surface area contributed by atoms with Crippen LogP contribution in [0.15, 0.2) is 24.3 Å². The lowest BCUT2D eigenvalue weighted by Gasteiger charge is -2.34. The second-order valence-corrected chi connectivity index (χ2v) is 7.41. The number of nitrogens with zero attached hydrogens (tertiary/aromatic N) is 3. The largest absolute Gasteiger partial charge is 0.454 e. The molecule has 1 saturated heterocycles. The number of hydrogen-bond donors (Lipinski definition) is 0. The molecular formula is C19H22F3N3O3. The molecule has 0 bridgehead atoms. The Morgan fingerprint density at radius 3 is 2.46 bits per heavy atom. The van der Waals surface area contributed by atoms with Gasteiger partial charge in [-0.3, -0.25) is 9.59 Å². The summed E-state index contributed by atoms with van der Waals surface area (Å²) in [7, 11) is 0. The third-order valence-electron chi connectivity index (χ3n) is 4.77. The molecule has 1 aromatic carbocycles. The maximum absolute atomic E-state index is 13.3. The first kappa shape index (κ1) is 20.2. The third-order valence-corrected chi connectivity index (χ3v) is 4.77. The number of ether oxygens (including phenoxy) is 1. The maximum atomic E-state index is 13.3. The number of fused-ring (bicyclic) bond motifs is 1. The number of likely N-dealkylation sites (tertiary alicyclic amines) is 1. The van der Waals surface area contributed by atoms with Crippen molar-refractivity contribution in [1.82, 2.24) is 14.5 Å². The zero-order valence-electron chi connectivity index (χ0n) is 15.7. The van der Waals surface area contributed by atoms with Crippen LogP contribution in [0, 0.1) is 11.8 Å². The molecule has 152 valence electrons. The van der Waals surface area contributed by atoms with Crippen LogP contribution in [0.2, 0.25) is 0 Å². The Labute approximate surface area is 160 Å². The van der Waals surface area contributed by atoms with Gasteiger partial charge in [0.15, 0.2) is 6.61 Å². The molecule has 2 atom stereocenters. The van der Waals surface area contributed by atoms with Gasteiger partial charge in [0.1, 0.15) is 6.54 Å². The molecule has 1 aliphatic rings. The molecule has 1 amide bonds. The molecule has 9 heteroatoms. The average Bonchev–Trinajstić information content (AvgIpc) is 2.98. The van der Waals surface area contributed by atoms with Gasteiger partial charge >= 0.3 is 12.1 Å². The minimum Gasteiger partial charge on any atom is -0.454 e. The highest BCUT2D eigenvalue weighted by Crippen LogP contribution is 2.31. The number of aromatic nitrogens is 2. The predicted molar refractivity (Wildman–Crippen MR) is 95.2 cm³/mol. The summed E-state index contributed by atoms with van der Waals surface area (Å²) in [6.45, 7) is 4.12. The second-order valence-electron chi connectivity index (χ2n) is 7.41. The molecule has 0 radical (unpaired) electrons. The zero-order valence-corrected chi connectivity index (χ0v) is 15.7. The molecule has 1 fully saturated rings.